The van der Waals surface area contributed by atoms with E-state index >= 15 is 0 Å². The van der Waals surface area contributed by atoms with Gasteiger partial charge in [-0.25, -0.2) is 8.78 Å². The highest BCUT2D eigenvalue weighted by Crippen LogP contribution is 2.42. The molecule has 5 rings (SSSR count). The lowest BCUT2D eigenvalue weighted by Crippen LogP contribution is -2.29. The maximum atomic E-state index is 13.5. The molecule has 4 nitrogen and oxygen atoms in total. The highest BCUT2D eigenvalue weighted by molar-refractivity contribution is 6.46. The van der Waals surface area contributed by atoms with Gasteiger partial charge in [-0.15, -0.1) is 0 Å². The molecule has 0 spiro atoms. The van der Waals surface area contributed by atoms with Crippen LogP contribution in [0.25, 0.3) is 16.5 Å². The van der Waals surface area contributed by atoms with Crippen molar-refractivity contribution < 1.29 is 23.5 Å². The van der Waals surface area contributed by atoms with Crippen molar-refractivity contribution in [2.45, 2.75) is 12.6 Å². The molecule has 1 aliphatic heterocycles. The van der Waals surface area contributed by atoms with Crippen LogP contribution in [0.1, 0.15) is 22.7 Å². The van der Waals surface area contributed by atoms with Crippen molar-refractivity contribution in [2.24, 2.45) is 0 Å². The molecular weight excluding hydrogens is 436 g/mol. The van der Waals surface area contributed by atoms with Crippen LogP contribution in [0.15, 0.2) is 96.6 Å². The topological polar surface area (TPSA) is 57.6 Å². The third-order valence-electron chi connectivity index (χ3n) is 6.04. The second kappa shape index (κ2) is 8.56. The number of hydrogen-bond donors (Lipinski definition) is 1. The van der Waals surface area contributed by atoms with Gasteiger partial charge in [0.15, 0.2) is 0 Å². The van der Waals surface area contributed by atoms with Crippen molar-refractivity contribution >= 4 is 28.2 Å². The third-order valence-corrected chi connectivity index (χ3v) is 6.04. The molecule has 0 radical (unpaired) electrons. The molecule has 4 aromatic carbocycles. The molecule has 1 fully saturated rings. The Morgan fingerprint density at radius 3 is 2.12 bits per heavy atom. The van der Waals surface area contributed by atoms with Crippen LogP contribution in [0.2, 0.25) is 0 Å². The number of amides is 1. The van der Waals surface area contributed by atoms with Gasteiger partial charge in [-0.1, -0.05) is 54.6 Å². The maximum Gasteiger partial charge on any atom is 0.295 e. The minimum absolute atomic E-state index is 0.0406. The predicted molar refractivity (Wildman–Crippen MR) is 125 cm³/mol. The molecule has 1 amide bonds. The molecule has 1 atom stereocenters. The van der Waals surface area contributed by atoms with Gasteiger partial charge in [-0.2, -0.15) is 0 Å². The standard InChI is InChI=1S/C28H19F2NO3/c29-20-12-8-17(9-13-20)16-31-25(23-7-3-5-18-4-1-2-6-22(18)23)24(27(33)28(31)34)26(32)19-10-14-21(30)15-11-19/h1-15,25,32H,16H2/b26-24-. The minimum atomic E-state index is -0.888. The lowest BCUT2D eigenvalue weighted by molar-refractivity contribution is -0.140. The number of carbonyl (C=O) groups excluding carboxylic acids is 2. The van der Waals surface area contributed by atoms with Gasteiger partial charge in [-0.05, 0) is 58.3 Å². The molecule has 0 bridgehead atoms. The second-order valence-electron chi connectivity index (χ2n) is 8.13. The molecule has 1 N–H and O–H groups in total. The van der Waals surface area contributed by atoms with Crippen LogP contribution < -0.4 is 0 Å². The Kier molecular flexibility index (Phi) is 5.42. The van der Waals surface area contributed by atoms with E-state index in [9.17, 15) is 23.5 Å². The smallest absolute Gasteiger partial charge is 0.295 e. The van der Waals surface area contributed by atoms with Gasteiger partial charge >= 0.3 is 0 Å². The number of ketones is 1. The van der Waals surface area contributed by atoms with Crippen molar-refractivity contribution in [1.82, 2.24) is 4.90 Å². The summed E-state index contributed by atoms with van der Waals surface area (Å²) in [6.45, 7) is 0.0406. The lowest BCUT2D eigenvalue weighted by Gasteiger charge is -2.26. The highest BCUT2D eigenvalue weighted by atomic mass is 19.1. The van der Waals surface area contributed by atoms with E-state index in [0.29, 0.717) is 11.1 Å². The quantitative estimate of drug-likeness (QED) is 0.243. The SMILES string of the molecule is O=C1C(=O)N(Cc2ccc(F)cc2)C(c2cccc3ccccc23)/C1=C(/O)c1ccc(F)cc1. The number of likely N-dealkylation sites (tertiary alicyclic amines) is 1. The van der Waals surface area contributed by atoms with Crippen molar-refractivity contribution in [2.75, 3.05) is 0 Å². The van der Waals surface area contributed by atoms with E-state index in [1.807, 2.05) is 42.5 Å². The highest BCUT2D eigenvalue weighted by Gasteiger charge is 2.46. The molecule has 0 aromatic heterocycles. The maximum absolute atomic E-state index is 13.5. The van der Waals surface area contributed by atoms with Gasteiger partial charge in [0, 0.05) is 12.1 Å². The molecule has 1 heterocycles. The van der Waals surface area contributed by atoms with E-state index in [1.54, 1.807) is 12.1 Å². The van der Waals surface area contributed by atoms with Crippen molar-refractivity contribution in [3.8, 4) is 0 Å². The third kappa shape index (κ3) is 3.73. The summed E-state index contributed by atoms with van der Waals surface area (Å²) in [6, 6.07) is 23.0. The van der Waals surface area contributed by atoms with Gasteiger partial charge < -0.3 is 10.0 Å². The number of Topliss-reactive ketones (excluding diaryl/α,β-unsaturated/α-hetero) is 1. The van der Waals surface area contributed by atoms with Crippen molar-refractivity contribution in [1.29, 1.82) is 0 Å². The number of aliphatic hydroxyl groups is 1. The van der Waals surface area contributed by atoms with Gasteiger partial charge in [0.25, 0.3) is 11.7 Å². The zero-order valence-corrected chi connectivity index (χ0v) is 17.9. The zero-order chi connectivity index (χ0) is 23.8. The van der Waals surface area contributed by atoms with E-state index in [2.05, 4.69) is 0 Å². The molecule has 4 aromatic rings. The van der Waals surface area contributed by atoms with E-state index in [4.69, 9.17) is 0 Å². The normalized spacial score (nSPS) is 17.5. The summed E-state index contributed by atoms with van der Waals surface area (Å²) in [7, 11) is 0. The van der Waals surface area contributed by atoms with Crippen LogP contribution in [-0.4, -0.2) is 21.7 Å². The number of fused-ring (bicyclic) bond motifs is 1. The fourth-order valence-corrected chi connectivity index (χ4v) is 4.41. The average molecular weight is 455 g/mol. The monoisotopic (exact) mass is 455 g/mol. The summed E-state index contributed by atoms with van der Waals surface area (Å²) < 4.78 is 26.9. The van der Waals surface area contributed by atoms with Crippen LogP contribution >= 0.6 is 0 Å². The number of carbonyl (C=O) groups is 2. The number of hydrogen-bond acceptors (Lipinski definition) is 3. The largest absolute Gasteiger partial charge is 0.507 e. The molecule has 168 valence electrons. The lowest BCUT2D eigenvalue weighted by atomic mass is 9.91. The molecule has 1 saturated heterocycles. The molecule has 0 saturated carbocycles. The van der Waals surface area contributed by atoms with Gasteiger partial charge in [0.05, 0.1) is 11.6 Å². The number of halogens is 2. The fourth-order valence-electron chi connectivity index (χ4n) is 4.41. The molecular formula is C28H19F2NO3. The summed E-state index contributed by atoms with van der Waals surface area (Å²) in [6.07, 6.45) is 0. The van der Waals surface area contributed by atoms with Gasteiger partial charge in [0.2, 0.25) is 0 Å². The zero-order valence-electron chi connectivity index (χ0n) is 17.9. The summed E-state index contributed by atoms with van der Waals surface area (Å²) in [5, 5.41) is 12.9. The first kappa shape index (κ1) is 21.5. The molecule has 0 aliphatic carbocycles. The van der Waals surface area contributed by atoms with Crippen LogP contribution in [0.5, 0.6) is 0 Å². The summed E-state index contributed by atoms with van der Waals surface area (Å²) >= 11 is 0. The first-order chi connectivity index (χ1) is 16.4. The number of aliphatic hydroxyl groups excluding tert-OH is 1. The summed E-state index contributed by atoms with van der Waals surface area (Å²) in [5.41, 5.74) is 1.46. The van der Waals surface area contributed by atoms with Gasteiger partial charge in [0.1, 0.15) is 17.4 Å². The Morgan fingerprint density at radius 1 is 0.794 bits per heavy atom. The minimum Gasteiger partial charge on any atom is -0.507 e. The van der Waals surface area contributed by atoms with Crippen LogP contribution in [0.3, 0.4) is 0 Å². The van der Waals surface area contributed by atoms with Crippen LogP contribution in [-0.2, 0) is 16.1 Å². The predicted octanol–water partition coefficient (Wildman–Crippen LogP) is 5.74. The Hall–Kier alpha value is -4.32. The number of nitrogens with zero attached hydrogens (tertiary/aromatic N) is 1. The van der Waals surface area contributed by atoms with Crippen LogP contribution in [0.4, 0.5) is 8.78 Å². The second-order valence-corrected chi connectivity index (χ2v) is 8.13. The molecule has 6 heteroatoms. The Balaban J connectivity index is 1.72. The van der Waals surface area contributed by atoms with Crippen molar-refractivity contribution in [3.63, 3.8) is 0 Å². The number of rotatable bonds is 4. The van der Waals surface area contributed by atoms with E-state index in [0.717, 1.165) is 10.8 Å². The molecule has 1 aliphatic rings. The Bertz CT molecular complexity index is 1440. The first-order valence-electron chi connectivity index (χ1n) is 10.7. The summed E-state index contributed by atoms with van der Waals surface area (Å²) in [5.74, 6) is -2.88. The Morgan fingerprint density at radius 2 is 1.41 bits per heavy atom. The summed E-state index contributed by atoms with van der Waals surface area (Å²) in [4.78, 5) is 27.8. The first-order valence-corrected chi connectivity index (χ1v) is 10.7. The van der Waals surface area contributed by atoms with Gasteiger partial charge in [-0.3, -0.25) is 9.59 Å². The molecule has 34 heavy (non-hydrogen) atoms. The molecule has 1 unspecified atom stereocenters. The van der Waals surface area contributed by atoms with Crippen molar-refractivity contribution in [3.05, 3.63) is 125 Å². The van der Waals surface area contributed by atoms with E-state index in [1.165, 1.54) is 41.3 Å². The Labute approximate surface area is 194 Å². The van der Waals surface area contributed by atoms with E-state index in [-0.39, 0.29) is 23.4 Å². The average Bonchev–Trinajstić information content (AvgIpc) is 3.10. The fraction of sp³-hybridized carbons (Fsp3) is 0.0714. The van der Waals surface area contributed by atoms with Crippen LogP contribution in [0, 0.1) is 11.6 Å². The number of benzene rings is 4. The van der Waals surface area contributed by atoms with E-state index < -0.39 is 29.4 Å².